The minimum absolute atomic E-state index is 0.307. The molecule has 0 heterocycles. The van der Waals surface area contributed by atoms with E-state index in [1.165, 1.54) is 12.7 Å². The summed E-state index contributed by atoms with van der Waals surface area (Å²) in [5.41, 5.74) is 1.80. The summed E-state index contributed by atoms with van der Waals surface area (Å²) < 4.78 is 4.52. The number of esters is 1. The molecule has 12 heavy (non-hydrogen) atoms. The number of carbonyl (C=O) groups excluding carboxylic acids is 1. The van der Waals surface area contributed by atoms with E-state index in [1.54, 1.807) is 0 Å². The van der Waals surface area contributed by atoms with Gasteiger partial charge in [0.1, 0.15) is 0 Å². The van der Waals surface area contributed by atoms with E-state index < -0.39 is 0 Å². The zero-order valence-corrected chi connectivity index (χ0v) is 8.02. The fraction of sp³-hybridized carbons (Fsp3) is 0.500. The molecule has 0 radical (unpaired) electrons. The molecule has 0 aromatic carbocycles. The van der Waals surface area contributed by atoms with Crippen molar-refractivity contribution in [1.29, 1.82) is 0 Å². The Hall–Kier alpha value is -1.05. The van der Waals surface area contributed by atoms with E-state index in [-0.39, 0.29) is 5.97 Å². The Kier molecular flexibility index (Phi) is 5.09. The first-order chi connectivity index (χ1) is 5.61. The van der Waals surface area contributed by atoms with Crippen molar-refractivity contribution in [2.24, 2.45) is 0 Å². The molecular formula is C10H16O2. The maximum atomic E-state index is 10.9. The van der Waals surface area contributed by atoms with Crippen molar-refractivity contribution in [1.82, 2.24) is 0 Å². The Morgan fingerprint density at radius 2 is 2.08 bits per heavy atom. The molecule has 0 spiro atoms. The van der Waals surface area contributed by atoms with Crippen LogP contribution in [0.2, 0.25) is 0 Å². The first kappa shape index (κ1) is 11.0. The average Bonchev–Trinajstić information content (AvgIpc) is 2.11. The molecule has 0 unspecified atom stereocenters. The van der Waals surface area contributed by atoms with Crippen LogP contribution in [0.1, 0.15) is 26.7 Å². The molecule has 0 fully saturated rings. The standard InChI is InChI=1S/C10H16O2/c1-5-8(2)6-7-9(3)10(11)12-4/h5H,3,6-7H2,1-2,4H3/b8-5+. The lowest BCUT2D eigenvalue weighted by Gasteiger charge is -2.02. The Morgan fingerprint density at radius 3 is 2.50 bits per heavy atom. The van der Waals surface area contributed by atoms with Gasteiger partial charge in [0.25, 0.3) is 0 Å². The van der Waals surface area contributed by atoms with E-state index in [1.807, 2.05) is 19.9 Å². The minimum atomic E-state index is -0.307. The first-order valence-electron chi connectivity index (χ1n) is 3.99. The van der Waals surface area contributed by atoms with Gasteiger partial charge in [0.2, 0.25) is 0 Å². The van der Waals surface area contributed by atoms with Crippen LogP contribution in [0.25, 0.3) is 0 Å². The summed E-state index contributed by atoms with van der Waals surface area (Å²) in [6, 6.07) is 0. The Morgan fingerprint density at radius 1 is 1.50 bits per heavy atom. The number of ether oxygens (including phenoxy) is 1. The quantitative estimate of drug-likeness (QED) is 0.366. The zero-order valence-electron chi connectivity index (χ0n) is 8.02. The fourth-order valence-electron chi connectivity index (χ4n) is 0.739. The highest BCUT2D eigenvalue weighted by atomic mass is 16.5. The van der Waals surface area contributed by atoms with Crippen molar-refractivity contribution in [2.75, 3.05) is 7.11 Å². The summed E-state index contributed by atoms with van der Waals surface area (Å²) in [7, 11) is 1.37. The normalized spacial score (nSPS) is 11.1. The molecule has 0 aliphatic carbocycles. The largest absolute Gasteiger partial charge is 0.466 e. The number of hydrogen-bond donors (Lipinski definition) is 0. The highest BCUT2D eigenvalue weighted by molar-refractivity contribution is 5.87. The average molecular weight is 168 g/mol. The van der Waals surface area contributed by atoms with Gasteiger partial charge in [-0.1, -0.05) is 18.2 Å². The molecule has 0 rings (SSSR count). The highest BCUT2D eigenvalue weighted by Crippen LogP contribution is 2.10. The minimum Gasteiger partial charge on any atom is -0.466 e. The lowest BCUT2D eigenvalue weighted by atomic mass is 10.1. The maximum absolute atomic E-state index is 10.9. The lowest BCUT2D eigenvalue weighted by Crippen LogP contribution is -2.03. The van der Waals surface area contributed by atoms with Crippen molar-refractivity contribution in [3.63, 3.8) is 0 Å². The molecule has 2 nitrogen and oxygen atoms in total. The maximum Gasteiger partial charge on any atom is 0.333 e. The molecule has 0 saturated heterocycles. The van der Waals surface area contributed by atoms with Crippen molar-refractivity contribution in [3.05, 3.63) is 23.8 Å². The van der Waals surface area contributed by atoms with Crippen LogP contribution in [0.3, 0.4) is 0 Å². The smallest absolute Gasteiger partial charge is 0.333 e. The third kappa shape index (κ3) is 3.96. The lowest BCUT2D eigenvalue weighted by molar-refractivity contribution is -0.136. The van der Waals surface area contributed by atoms with Gasteiger partial charge in [0.15, 0.2) is 0 Å². The molecule has 0 aliphatic rings. The molecule has 0 saturated carbocycles. The van der Waals surface area contributed by atoms with Crippen LogP contribution >= 0.6 is 0 Å². The van der Waals surface area contributed by atoms with Gasteiger partial charge < -0.3 is 4.74 Å². The monoisotopic (exact) mass is 168 g/mol. The van der Waals surface area contributed by atoms with Crippen molar-refractivity contribution in [3.8, 4) is 0 Å². The van der Waals surface area contributed by atoms with Crippen LogP contribution in [-0.2, 0) is 9.53 Å². The summed E-state index contributed by atoms with van der Waals surface area (Å²) in [4.78, 5) is 10.9. The van der Waals surface area contributed by atoms with E-state index >= 15 is 0 Å². The van der Waals surface area contributed by atoms with Crippen molar-refractivity contribution in [2.45, 2.75) is 26.7 Å². The second kappa shape index (κ2) is 5.58. The van der Waals surface area contributed by atoms with Crippen molar-refractivity contribution >= 4 is 5.97 Å². The molecule has 0 bridgehead atoms. The summed E-state index contributed by atoms with van der Waals surface area (Å²) in [6.07, 6.45) is 3.60. The van der Waals surface area contributed by atoms with Gasteiger partial charge in [0.05, 0.1) is 7.11 Å². The Bertz CT molecular complexity index is 202. The van der Waals surface area contributed by atoms with Crippen molar-refractivity contribution < 1.29 is 9.53 Å². The molecule has 0 aromatic rings. The third-order valence-electron chi connectivity index (χ3n) is 1.79. The van der Waals surface area contributed by atoms with E-state index in [9.17, 15) is 4.79 Å². The van der Waals surface area contributed by atoms with E-state index in [0.29, 0.717) is 12.0 Å². The molecule has 0 aromatic heterocycles. The van der Waals surface area contributed by atoms with E-state index in [2.05, 4.69) is 11.3 Å². The Balaban J connectivity index is 3.80. The zero-order chi connectivity index (χ0) is 9.56. The molecule has 2 heteroatoms. The van der Waals surface area contributed by atoms with Crippen LogP contribution in [0, 0.1) is 0 Å². The van der Waals surface area contributed by atoms with E-state index in [4.69, 9.17) is 0 Å². The van der Waals surface area contributed by atoms with Gasteiger partial charge in [-0.25, -0.2) is 4.79 Å². The van der Waals surface area contributed by atoms with E-state index in [0.717, 1.165) is 6.42 Å². The van der Waals surface area contributed by atoms with Gasteiger partial charge in [-0.15, -0.1) is 0 Å². The number of carbonyl (C=O) groups is 1. The number of allylic oxidation sites excluding steroid dienone is 2. The van der Waals surface area contributed by atoms with Crippen LogP contribution < -0.4 is 0 Å². The molecule has 0 aliphatic heterocycles. The van der Waals surface area contributed by atoms with Crippen LogP contribution in [0.15, 0.2) is 23.8 Å². The predicted molar refractivity (Wildman–Crippen MR) is 49.8 cm³/mol. The number of methoxy groups -OCH3 is 1. The molecule has 0 atom stereocenters. The summed E-state index contributed by atoms with van der Waals surface area (Å²) in [5.74, 6) is -0.307. The molecule has 0 N–H and O–H groups in total. The van der Waals surface area contributed by atoms with Crippen LogP contribution in [0.4, 0.5) is 0 Å². The SMILES string of the molecule is C=C(CC/C(C)=C/C)C(=O)OC. The van der Waals surface area contributed by atoms with Gasteiger partial charge in [-0.2, -0.15) is 0 Å². The summed E-state index contributed by atoms with van der Waals surface area (Å²) in [5, 5.41) is 0. The third-order valence-corrected chi connectivity index (χ3v) is 1.79. The number of rotatable bonds is 4. The summed E-state index contributed by atoms with van der Waals surface area (Å²) in [6.45, 7) is 7.64. The molecule has 68 valence electrons. The number of hydrogen-bond acceptors (Lipinski definition) is 2. The van der Waals surface area contributed by atoms with Gasteiger partial charge >= 0.3 is 5.97 Å². The molecular weight excluding hydrogens is 152 g/mol. The molecule has 0 amide bonds. The van der Waals surface area contributed by atoms with Gasteiger partial charge in [-0.05, 0) is 26.7 Å². The van der Waals surface area contributed by atoms with Crippen LogP contribution in [0.5, 0.6) is 0 Å². The van der Waals surface area contributed by atoms with Gasteiger partial charge in [-0.3, -0.25) is 0 Å². The second-order valence-corrected chi connectivity index (χ2v) is 2.73. The summed E-state index contributed by atoms with van der Waals surface area (Å²) >= 11 is 0. The highest BCUT2D eigenvalue weighted by Gasteiger charge is 2.05. The fourth-order valence-corrected chi connectivity index (χ4v) is 0.739. The van der Waals surface area contributed by atoms with Gasteiger partial charge in [0, 0.05) is 5.57 Å². The topological polar surface area (TPSA) is 26.3 Å². The second-order valence-electron chi connectivity index (χ2n) is 2.73. The predicted octanol–water partition coefficient (Wildman–Crippen LogP) is 2.46. The van der Waals surface area contributed by atoms with Crippen LogP contribution in [-0.4, -0.2) is 13.1 Å². The Labute approximate surface area is 73.9 Å². The first-order valence-corrected chi connectivity index (χ1v) is 3.99.